The van der Waals surface area contributed by atoms with E-state index in [0.717, 1.165) is 18.9 Å². The summed E-state index contributed by atoms with van der Waals surface area (Å²) in [5.74, 6) is 1.33. The van der Waals surface area contributed by atoms with Crippen LogP contribution in [-0.4, -0.2) is 19.3 Å². The second-order valence-electron chi connectivity index (χ2n) is 4.79. The number of ether oxygens (including phenoxy) is 1. The first-order chi connectivity index (χ1) is 6.36. The molecule has 2 N–H and O–H groups in total. The fourth-order valence-corrected chi connectivity index (χ4v) is 0.724. The van der Waals surface area contributed by atoms with E-state index in [4.69, 9.17) is 4.74 Å². The van der Waals surface area contributed by atoms with Gasteiger partial charge in [0.2, 0.25) is 0 Å². The molecule has 0 spiro atoms. The number of hydrogen-bond acceptors (Lipinski definition) is 2. The van der Waals surface area contributed by atoms with Crippen molar-refractivity contribution in [2.24, 2.45) is 17.6 Å². The normalized spacial score (nSPS) is 11.6. The minimum atomic E-state index is 0.0366. The Morgan fingerprint density at radius 1 is 1.07 bits per heavy atom. The SMILES string of the molecule is CC(C)CCOC(C)(C)C(C)C.CN. The Morgan fingerprint density at radius 3 is 1.79 bits per heavy atom. The highest BCUT2D eigenvalue weighted by Crippen LogP contribution is 2.20. The third-order valence-corrected chi connectivity index (χ3v) is 2.56. The molecule has 0 aliphatic carbocycles. The minimum absolute atomic E-state index is 0.0366. The van der Waals surface area contributed by atoms with Crippen molar-refractivity contribution in [1.29, 1.82) is 0 Å². The van der Waals surface area contributed by atoms with Crippen LogP contribution in [0.4, 0.5) is 0 Å². The quantitative estimate of drug-likeness (QED) is 0.745. The van der Waals surface area contributed by atoms with Gasteiger partial charge in [0.15, 0.2) is 0 Å². The average molecular weight is 203 g/mol. The van der Waals surface area contributed by atoms with Gasteiger partial charge >= 0.3 is 0 Å². The molecule has 0 atom stereocenters. The Hall–Kier alpha value is -0.0800. The second-order valence-corrected chi connectivity index (χ2v) is 4.79. The number of hydrogen-bond donors (Lipinski definition) is 1. The molecule has 0 fully saturated rings. The van der Waals surface area contributed by atoms with Crippen LogP contribution < -0.4 is 5.73 Å². The van der Waals surface area contributed by atoms with Crippen LogP contribution in [0.1, 0.15) is 48.0 Å². The van der Waals surface area contributed by atoms with E-state index in [1.54, 1.807) is 0 Å². The highest BCUT2D eigenvalue weighted by molar-refractivity contribution is 4.72. The van der Waals surface area contributed by atoms with E-state index in [2.05, 4.69) is 47.3 Å². The van der Waals surface area contributed by atoms with Gasteiger partial charge in [0.05, 0.1) is 5.60 Å². The topological polar surface area (TPSA) is 35.2 Å². The van der Waals surface area contributed by atoms with Gasteiger partial charge in [0.25, 0.3) is 0 Å². The van der Waals surface area contributed by atoms with Crippen molar-refractivity contribution < 1.29 is 4.74 Å². The van der Waals surface area contributed by atoms with Crippen molar-refractivity contribution >= 4 is 0 Å². The van der Waals surface area contributed by atoms with Crippen LogP contribution in [0.3, 0.4) is 0 Å². The van der Waals surface area contributed by atoms with Crippen LogP contribution in [-0.2, 0) is 4.74 Å². The van der Waals surface area contributed by atoms with E-state index in [-0.39, 0.29) is 5.60 Å². The van der Waals surface area contributed by atoms with Crippen LogP contribution in [0.25, 0.3) is 0 Å². The summed E-state index contributed by atoms with van der Waals surface area (Å²) in [7, 11) is 1.50. The maximum absolute atomic E-state index is 5.80. The first-order valence-electron chi connectivity index (χ1n) is 5.58. The lowest BCUT2D eigenvalue weighted by molar-refractivity contribution is -0.0537. The monoisotopic (exact) mass is 203 g/mol. The molecular weight excluding hydrogens is 174 g/mol. The van der Waals surface area contributed by atoms with Gasteiger partial charge in [-0.15, -0.1) is 0 Å². The summed E-state index contributed by atoms with van der Waals surface area (Å²) in [5, 5.41) is 0. The van der Waals surface area contributed by atoms with E-state index >= 15 is 0 Å². The molecule has 0 unspecified atom stereocenters. The van der Waals surface area contributed by atoms with Crippen LogP contribution in [0.2, 0.25) is 0 Å². The van der Waals surface area contributed by atoms with E-state index in [1.807, 2.05) is 0 Å². The van der Waals surface area contributed by atoms with Gasteiger partial charge < -0.3 is 10.5 Å². The zero-order valence-corrected chi connectivity index (χ0v) is 11.1. The summed E-state index contributed by atoms with van der Waals surface area (Å²) in [5.41, 5.74) is 4.54. The first-order valence-corrected chi connectivity index (χ1v) is 5.58. The molecule has 0 aliphatic rings. The van der Waals surface area contributed by atoms with Gasteiger partial charge in [-0.25, -0.2) is 0 Å². The standard InChI is InChI=1S/C11H24O.CH5N/c1-9(2)7-8-12-11(5,6)10(3)4;1-2/h9-10H,7-8H2,1-6H3;2H2,1H3. The highest BCUT2D eigenvalue weighted by Gasteiger charge is 2.22. The second kappa shape index (κ2) is 8.25. The largest absolute Gasteiger partial charge is 0.375 e. The lowest BCUT2D eigenvalue weighted by atomic mass is 9.94. The average Bonchev–Trinajstić information content (AvgIpc) is 2.06. The molecular formula is C12H29NO. The smallest absolute Gasteiger partial charge is 0.0649 e. The third kappa shape index (κ3) is 8.52. The number of nitrogens with two attached hydrogens (primary N) is 1. The molecule has 0 aromatic carbocycles. The van der Waals surface area contributed by atoms with Crippen molar-refractivity contribution in [2.45, 2.75) is 53.6 Å². The molecule has 0 rings (SSSR count). The van der Waals surface area contributed by atoms with Gasteiger partial charge in [-0.05, 0) is 39.2 Å². The fraction of sp³-hybridized carbons (Fsp3) is 1.00. The fourth-order valence-electron chi connectivity index (χ4n) is 0.724. The van der Waals surface area contributed by atoms with E-state index < -0.39 is 0 Å². The molecule has 0 saturated heterocycles. The summed E-state index contributed by atoms with van der Waals surface area (Å²) in [6.07, 6.45) is 1.16. The van der Waals surface area contributed by atoms with Crippen molar-refractivity contribution in [3.05, 3.63) is 0 Å². The molecule has 0 saturated carbocycles. The Balaban J connectivity index is 0. The van der Waals surface area contributed by atoms with Crippen molar-refractivity contribution in [3.63, 3.8) is 0 Å². The van der Waals surface area contributed by atoms with Gasteiger partial charge in [-0.3, -0.25) is 0 Å². The van der Waals surface area contributed by atoms with Crippen LogP contribution >= 0.6 is 0 Å². The van der Waals surface area contributed by atoms with E-state index in [1.165, 1.54) is 7.05 Å². The lowest BCUT2D eigenvalue weighted by Gasteiger charge is -2.29. The molecule has 0 aromatic rings. The predicted molar refractivity (Wildman–Crippen MR) is 64.4 cm³/mol. The van der Waals surface area contributed by atoms with Crippen molar-refractivity contribution in [1.82, 2.24) is 0 Å². The molecule has 0 bridgehead atoms. The molecule has 0 aromatic heterocycles. The van der Waals surface area contributed by atoms with Crippen LogP contribution in [0.15, 0.2) is 0 Å². The van der Waals surface area contributed by atoms with Crippen molar-refractivity contribution in [3.8, 4) is 0 Å². The molecule has 88 valence electrons. The Kier molecular flexibility index (Phi) is 9.63. The van der Waals surface area contributed by atoms with Gasteiger partial charge in [0, 0.05) is 6.61 Å². The molecule has 0 aliphatic heterocycles. The molecule has 2 nitrogen and oxygen atoms in total. The summed E-state index contributed by atoms with van der Waals surface area (Å²) < 4.78 is 5.80. The summed E-state index contributed by atoms with van der Waals surface area (Å²) in [6, 6.07) is 0. The van der Waals surface area contributed by atoms with Crippen molar-refractivity contribution in [2.75, 3.05) is 13.7 Å². The minimum Gasteiger partial charge on any atom is -0.375 e. The van der Waals surface area contributed by atoms with E-state index in [9.17, 15) is 0 Å². The molecule has 2 heteroatoms. The predicted octanol–water partition coefficient (Wildman–Crippen LogP) is 3.06. The lowest BCUT2D eigenvalue weighted by Crippen LogP contribution is -2.31. The van der Waals surface area contributed by atoms with Gasteiger partial charge in [-0.1, -0.05) is 27.7 Å². The van der Waals surface area contributed by atoms with E-state index in [0.29, 0.717) is 5.92 Å². The Bertz CT molecular complexity index is 119. The Morgan fingerprint density at radius 2 is 1.50 bits per heavy atom. The third-order valence-electron chi connectivity index (χ3n) is 2.56. The first kappa shape index (κ1) is 16.4. The summed E-state index contributed by atoms with van der Waals surface area (Å²) in [4.78, 5) is 0. The zero-order valence-electron chi connectivity index (χ0n) is 11.1. The maximum Gasteiger partial charge on any atom is 0.0649 e. The molecule has 0 amide bonds. The van der Waals surface area contributed by atoms with Crippen LogP contribution in [0.5, 0.6) is 0 Å². The molecule has 0 radical (unpaired) electrons. The Labute approximate surface area is 90.2 Å². The maximum atomic E-state index is 5.80. The molecule has 14 heavy (non-hydrogen) atoms. The highest BCUT2D eigenvalue weighted by atomic mass is 16.5. The van der Waals surface area contributed by atoms with Gasteiger partial charge in [-0.2, -0.15) is 0 Å². The summed E-state index contributed by atoms with van der Waals surface area (Å²) >= 11 is 0. The molecule has 0 heterocycles. The van der Waals surface area contributed by atoms with Crippen LogP contribution in [0, 0.1) is 11.8 Å². The van der Waals surface area contributed by atoms with Gasteiger partial charge in [0.1, 0.15) is 0 Å². The zero-order chi connectivity index (χ0) is 11.8. The number of rotatable bonds is 5. The summed E-state index contributed by atoms with van der Waals surface area (Å²) in [6.45, 7) is 14.1.